The molecule has 2 aromatic rings. The average Bonchev–Trinajstić information content (AvgIpc) is 2.52. The molecule has 0 bridgehead atoms. The molecule has 0 radical (unpaired) electrons. The summed E-state index contributed by atoms with van der Waals surface area (Å²) in [7, 11) is 0. The van der Waals surface area contributed by atoms with Crippen molar-refractivity contribution in [1.29, 1.82) is 0 Å². The van der Waals surface area contributed by atoms with E-state index in [2.05, 4.69) is 0 Å². The lowest BCUT2D eigenvalue weighted by atomic mass is 10.0. The van der Waals surface area contributed by atoms with Gasteiger partial charge in [0.25, 0.3) is 0 Å². The molecule has 0 atom stereocenters. The van der Waals surface area contributed by atoms with Crippen molar-refractivity contribution in [3.05, 3.63) is 58.1 Å². The van der Waals surface area contributed by atoms with Crippen LogP contribution in [-0.2, 0) is 0 Å². The largest absolute Gasteiger partial charge is 0.289 e. The first-order valence-electron chi connectivity index (χ1n) is 5.12. The Morgan fingerprint density at radius 2 is 1.62 bits per heavy atom. The van der Waals surface area contributed by atoms with Gasteiger partial charge in [0.1, 0.15) is 0 Å². The molecule has 0 fully saturated rings. The molecule has 0 aliphatic heterocycles. The van der Waals surface area contributed by atoms with E-state index in [1.807, 2.05) is 37.3 Å². The van der Waals surface area contributed by atoms with Gasteiger partial charge < -0.3 is 0 Å². The van der Waals surface area contributed by atoms with Crippen LogP contribution >= 0.6 is 11.6 Å². The van der Waals surface area contributed by atoms with Crippen molar-refractivity contribution in [2.45, 2.75) is 6.92 Å². The zero-order valence-corrected chi connectivity index (χ0v) is 9.51. The highest BCUT2D eigenvalue weighted by Crippen LogP contribution is 2.38. The van der Waals surface area contributed by atoms with Crippen LogP contribution in [0.3, 0.4) is 0 Å². The molecular weight excluding hydrogens is 220 g/mol. The van der Waals surface area contributed by atoms with Crippen molar-refractivity contribution in [3.63, 3.8) is 0 Å². The number of halogens is 1. The van der Waals surface area contributed by atoms with E-state index in [0.29, 0.717) is 10.6 Å². The molecule has 0 saturated heterocycles. The van der Waals surface area contributed by atoms with Crippen molar-refractivity contribution in [3.8, 4) is 11.1 Å². The van der Waals surface area contributed by atoms with E-state index in [1.54, 1.807) is 6.07 Å². The summed E-state index contributed by atoms with van der Waals surface area (Å²) in [6, 6.07) is 11.4. The van der Waals surface area contributed by atoms with Crippen molar-refractivity contribution >= 4 is 17.4 Å². The maximum atomic E-state index is 12.1. The lowest BCUT2D eigenvalue weighted by Gasteiger charge is -2.00. The van der Waals surface area contributed by atoms with E-state index in [4.69, 9.17) is 11.6 Å². The van der Waals surface area contributed by atoms with Crippen LogP contribution in [0.25, 0.3) is 11.1 Å². The highest BCUT2D eigenvalue weighted by molar-refractivity contribution is 6.32. The van der Waals surface area contributed by atoms with Crippen LogP contribution in [0.15, 0.2) is 36.4 Å². The number of rotatable bonds is 0. The molecule has 16 heavy (non-hydrogen) atoms. The minimum absolute atomic E-state index is 0.0764. The molecule has 0 heterocycles. The third-order valence-electron chi connectivity index (χ3n) is 2.94. The zero-order chi connectivity index (χ0) is 11.3. The Morgan fingerprint density at radius 3 is 2.44 bits per heavy atom. The number of ketones is 1. The normalized spacial score (nSPS) is 12.5. The summed E-state index contributed by atoms with van der Waals surface area (Å²) < 4.78 is 0. The lowest BCUT2D eigenvalue weighted by Crippen LogP contribution is -1.94. The first-order valence-corrected chi connectivity index (χ1v) is 5.50. The molecule has 0 amide bonds. The summed E-state index contributed by atoms with van der Waals surface area (Å²) >= 11 is 5.91. The number of carbonyl (C=O) groups is 1. The molecule has 0 spiro atoms. The van der Waals surface area contributed by atoms with Crippen LogP contribution in [-0.4, -0.2) is 5.78 Å². The van der Waals surface area contributed by atoms with Gasteiger partial charge in [0.15, 0.2) is 5.78 Å². The Balaban J connectivity index is 2.36. The van der Waals surface area contributed by atoms with Crippen molar-refractivity contribution in [2.75, 3.05) is 0 Å². The van der Waals surface area contributed by atoms with Gasteiger partial charge in [0, 0.05) is 16.1 Å². The van der Waals surface area contributed by atoms with Crippen molar-refractivity contribution in [1.82, 2.24) is 0 Å². The second-order valence-electron chi connectivity index (χ2n) is 4.07. The lowest BCUT2D eigenvalue weighted by molar-refractivity contribution is 0.104. The smallest absolute Gasteiger partial charge is 0.194 e. The van der Waals surface area contributed by atoms with Crippen LogP contribution in [0.1, 0.15) is 21.5 Å². The van der Waals surface area contributed by atoms with Gasteiger partial charge in [-0.25, -0.2) is 0 Å². The second kappa shape index (κ2) is 3.19. The SMILES string of the molecule is Cc1ccc2c(c1)-c1ccc(Cl)cc1C2=O. The summed E-state index contributed by atoms with van der Waals surface area (Å²) in [5.74, 6) is 0.0764. The number of carbonyl (C=O) groups excluding carboxylic acids is 1. The van der Waals surface area contributed by atoms with Crippen LogP contribution in [0.4, 0.5) is 0 Å². The third kappa shape index (κ3) is 1.22. The molecule has 2 heteroatoms. The van der Waals surface area contributed by atoms with Crippen molar-refractivity contribution < 1.29 is 4.79 Å². The first-order chi connectivity index (χ1) is 7.66. The van der Waals surface area contributed by atoms with Gasteiger partial charge >= 0.3 is 0 Å². The molecule has 0 unspecified atom stereocenters. The average molecular weight is 229 g/mol. The van der Waals surface area contributed by atoms with Crippen LogP contribution in [0.5, 0.6) is 0 Å². The van der Waals surface area contributed by atoms with E-state index in [0.717, 1.165) is 22.3 Å². The van der Waals surface area contributed by atoms with Gasteiger partial charge in [-0.3, -0.25) is 4.79 Å². The van der Waals surface area contributed by atoms with Crippen molar-refractivity contribution in [2.24, 2.45) is 0 Å². The Hall–Kier alpha value is -1.60. The molecule has 1 aliphatic rings. The molecule has 0 aromatic heterocycles. The van der Waals surface area contributed by atoms with E-state index in [-0.39, 0.29) is 5.78 Å². The second-order valence-corrected chi connectivity index (χ2v) is 4.50. The number of hydrogen-bond acceptors (Lipinski definition) is 1. The summed E-state index contributed by atoms with van der Waals surface area (Å²) in [6.45, 7) is 2.03. The Labute approximate surface area is 98.7 Å². The quantitative estimate of drug-likeness (QED) is 0.571. The zero-order valence-electron chi connectivity index (χ0n) is 8.75. The fourth-order valence-corrected chi connectivity index (χ4v) is 2.34. The molecule has 0 N–H and O–H groups in total. The molecule has 1 aliphatic carbocycles. The predicted octanol–water partition coefficient (Wildman–Crippen LogP) is 3.86. The monoisotopic (exact) mass is 228 g/mol. The highest BCUT2D eigenvalue weighted by Gasteiger charge is 2.26. The number of fused-ring (bicyclic) bond motifs is 3. The fourth-order valence-electron chi connectivity index (χ4n) is 2.16. The Bertz CT molecular complexity index is 614. The van der Waals surface area contributed by atoms with Gasteiger partial charge in [-0.2, -0.15) is 0 Å². The summed E-state index contributed by atoms with van der Waals surface area (Å²) in [5, 5.41) is 0.608. The van der Waals surface area contributed by atoms with Crippen LogP contribution in [0, 0.1) is 6.92 Å². The first kappa shape index (κ1) is 9.61. The van der Waals surface area contributed by atoms with Crippen LogP contribution in [0.2, 0.25) is 5.02 Å². The summed E-state index contributed by atoms with van der Waals surface area (Å²) in [4.78, 5) is 12.1. The Morgan fingerprint density at radius 1 is 0.875 bits per heavy atom. The van der Waals surface area contributed by atoms with E-state index in [9.17, 15) is 4.79 Å². The van der Waals surface area contributed by atoms with Gasteiger partial charge in [-0.1, -0.05) is 41.4 Å². The molecule has 1 nitrogen and oxygen atoms in total. The summed E-state index contributed by atoms with van der Waals surface area (Å²) in [5.41, 5.74) is 4.68. The van der Waals surface area contributed by atoms with Gasteiger partial charge in [-0.05, 0) is 30.2 Å². The highest BCUT2D eigenvalue weighted by atomic mass is 35.5. The topological polar surface area (TPSA) is 17.1 Å². The maximum absolute atomic E-state index is 12.1. The van der Waals surface area contributed by atoms with E-state index in [1.165, 1.54) is 0 Å². The summed E-state index contributed by atoms with van der Waals surface area (Å²) in [6.07, 6.45) is 0. The number of hydrogen-bond donors (Lipinski definition) is 0. The van der Waals surface area contributed by atoms with Gasteiger partial charge in [0.2, 0.25) is 0 Å². The minimum Gasteiger partial charge on any atom is -0.289 e. The molecule has 2 aromatic carbocycles. The van der Waals surface area contributed by atoms with Crippen LogP contribution < -0.4 is 0 Å². The van der Waals surface area contributed by atoms with Gasteiger partial charge in [0.05, 0.1) is 0 Å². The fraction of sp³-hybridized carbons (Fsp3) is 0.0714. The molecular formula is C14H9ClO. The minimum atomic E-state index is 0.0764. The number of benzene rings is 2. The third-order valence-corrected chi connectivity index (χ3v) is 3.17. The van der Waals surface area contributed by atoms with Gasteiger partial charge in [-0.15, -0.1) is 0 Å². The predicted molar refractivity (Wildman–Crippen MR) is 65.1 cm³/mol. The number of aryl methyl sites for hydroxylation is 1. The molecule has 0 saturated carbocycles. The molecule has 78 valence electrons. The van der Waals surface area contributed by atoms with E-state index < -0.39 is 0 Å². The van der Waals surface area contributed by atoms with E-state index >= 15 is 0 Å². The Kier molecular flexibility index (Phi) is 1.92. The molecule has 3 rings (SSSR count). The standard InChI is InChI=1S/C14H9ClO/c1-8-2-4-11-12(6-8)10-5-3-9(15)7-13(10)14(11)16/h2-7H,1H3. The maximum Gasteiger partial charge on any atom is 0.194 e.